The zero-order chi connectivity index (χ0) is 11.4. The molecule has 0 saturated heterocycles. The minimum absolute atomic E-state index is 0.0259. The smallest absolute Gasteiger partial charge is 0.404 e. The highest BCUT2D eigenvalue weighted by Crippen LogP contribution is 2.25. The van der Waals surface area contributed by atoms with Gasteiger partial charge in [-0.2, -0.15) is 10.2 Å². The number of rotatable bonds is 2. The molecule has 16 heavy (non-hydrogen) atoms. The van der Waals surface area contributed by atoms with Gasteiger partial charge in [0, 0.05) is 12.2 Å². The van der Waals surface area contributed by atoms with Crippen molar-refractivity contribution in [3.8, 4) is 0 Å². The monoisotopic (exact) mass is 219 g/mol. The van der Waals surface area contributed by atoms with E-state index in [1.165, 1.54) is 0 Å². The quantitative estimate of drug-likeness (QED) is 0.793. The summed E-state index contributed by atoms with van der Waals surface area (Å²) in [6.45, 7) is 0. The van der Waals surface area contributed by atoms with E-state index < -0.39 is 6.09 Å². The largest absolute Gasteiger partial charge is 0.465 e. The molecule has 1 unspecified atom stereocenters. The minimum atomic E-state index is -0.957. The number of nitrogens with one attached hydrogen (secondary N) is 1. The number of allylic oxidation sites excluding steroid dienone is 1. The zero-order valence-electron chi connectivity index (χ0n) is 8.76. The minimum Gasteiger partial charge on any atom is -0.465 e. The van der Waals surface area contributed by atoms with Crippen LogP contribution in [0.1, 0.15) is 25.0 Å². The van der Waals surface area contributed by atoms with Crippen molar-refractivity contribution < 1.29 is 9.90 Å². The van der Waals surface area contributed by atoms with Crippen molar-refractivity contribution >= 4 is 11.7 Å². The Balaban J connectivity index is 2.01. The van der Waals surface area contributed by atoms with Crippen molar-refractivity contribution in [2.24, 2.45) is 0 Å². The molecule has 0 radical (unpaired) electrons. The molecule has 0 fully saturated rings. The standard InChI is InChI=1S/C11H13N3O2/c15-11(16)13-9-5-3-8(4-6-9)10-2-1-7-12-14-10/h1-3,7,9,13H,4-6H2,(H,15,16). The Labute approximate surface area is 93.2 Å². The highest BCUT2D eigenvalue weighted by molar-refractivity contribution is 5.66. The van der Waals surface area contributed by atoms with Crippen LogP contribution in [0.25, 0.3) is 5.57 Å². The second-order valence-corrected chi connectivity index (χ2v) is 3.76. The number of amides is 1. The number of hydrogen-bond donors (Lipinski definition) is 2. The van der Waals surface area contributed by atoms with Crippen molar-refractivity contribution in [3.05, 3.63) is 30.1 Å². The Kier molecular flexibility index (Phi) is 3.14. The second kappa shape index (κ2) is 4.74. The summed E-state index contributed by atoms with van der Waals surface area (Å²) in [6, 6.07) is 3.80. The summed E-state index contributed by atoms with van der Waals surface area (Å²) in [4.78, 5) is 10.5. The first-order valence-corrected chi connectivity index (χ1v) is 5.22. The van der Waals surface area contributed by atoms with Gasteiger partial charge in [-0.25, -0.2) is 4.79 Å². The summed E-state index contributed by atoms with van der Waals surface area (Å²) in [5.41, 5.74) is 2.04. The number of hydrogen-bond acceptors (Lipinski definition) is 3. The highest BCUT2D eigenvalue weighted by atomic mass is 16.4. The van der Waals surface area contributed by atoms with Crippen molar-refractivity contribution in [2.75, 3.05) is 0 Å². The Bertz CT molecular complexity index is 403. The number of nitrogens with zero attached hydrogens (tertiary/aromatic N) is 2. The molecule has 1 amide bonds. The molecule has 1 aliphatic carbocycles. The van der Waals surface area contributed by atoms with Gasteiger partial charge in [0.1, 0.15) is 0 Å². The SMILES string of the molecule is O=C(O)NC1CC=C(c2cccnn2)CC1. The molecule has 0 saturated carbocycles. The lowest BCUT2D eigenvalue weighted by molar-refractivity contribution is 0.189. The fraction of sp³-hybridized carbons (Fsp3) is 0.364. The fourth-order valence-electron chi connectivity index (χ4n) is 1.85. The van der Waals surface area contributed by atoms with Crippen LogP contribution in [0.15, 0.2) is 24.4 Å². The van der Waals surface area contributed by atoms with Gasteiger partial charge in [0.05, 0.1) is 5.69 Å². The average Bonchev–Trinajstić information content (AvgIpc) is 2.30. The number of aromatic nitrogens is 2. The Morgan fingerprint density at radius 1 is 1.56 bits per heavy atom. The Morgan fingerprint density at radius 3 is 3.00 bits per heavy atom. The van der Waals surface area contributed by atoms with Crippen LogP contribution in [0.4, 0.5) is 4.79 Å². The third-order valence-corrected chi connectivity index (χ3v) is 2.64. The lowest BCUT2D eigenvalue weighted by Crippen LogP contribution is -2.34. The van der Waals surface area contributed by atoms with E-state index in [-0.39, 0.29) is 6.04 Å². The normalized spacial score (nSPS) is 20.0. The maximum Gasteiger partial charge on any atom is 0.404 e. The van der Waals surface area contributed by atoms with E-state index >= 15 is 0 Å². The van der Waals surface area contributed by atoms with E-state index in [1.54, 1.807) is 6.20 Å². The van der Waals surface area contributed by atoms with Gasteiger partial charge in [0.2, 0.25) is 0 Å². The van der Waals surface area contributed by atoms with Crippen LogP contribution in [0.3, 0.4) is 0 Å². The summed E-state index contributed by atoms with van der Waals surface area (Å²) in [7, 11) is 0. The van der Waals surface area contributed by atoms with Gasteiger partial charge in [0.15, 0.2) is 0 Å². The van der Waals surface area contributed by atoms with E-state index in [4.69, 9.17) is 5.11 Å². The van der Waals surface area contributed by atoms with Crippen molar-refractivity contribution in [1.29, 1.82) is 0 Å². The summed E-state index contributed by atoms with van der Waals surface area (Å²) < 4.78 is 0. The van der Waals surface area contributed by atoms with Crippen molar-refractivity contribution in [3.63, 3.8) is 0 Å². The van der Waals surface area contributed by atoms with Crippen LogP contribution in [-0.4, -0.2) is 27.4 Å². The van der Waals surface area contributed by atoms with Crippen molar-refractivity contribution in [1.82, 2.24) is 15.5 Å². The fourth-order valence-corrected chi connectivity index (χ4v) is 1.85. The number of carboxylic acid groups (broad SMARTS) is 1. The summed E-state index contributed by atoms with van der Waals surface area (Å²) in [5.74, 6) is 0. The Hall–Kier alpha value is -1.91. The average molecular weight is 219 g/mol. The molecular weight excluding hydrogens is 206 g/mol. The van der Waals surface area contributed by atoms with E-state index in [0.29, 0.717) is 0 Å². The predicted molar refractivity (Wildman–Crippen MR) is 58.8 cm³/mol. The summed E-state index contributed by atoms with van der Waals surface area (Å²) in [6.07, 6.45) is 5.09. The molecule has 1 aromatic heterocycles. The summed E-state index contributed by atoms with van der Waals surface area (Å²) in [5, 5.41) is 18.9. The first-order chi connectivity index (χ1) is 7.75. The van der Waals surface area contributed by atoms with Gasteiger partial charge in [-0.1, -0.05) is 6.08 Å². The molecule has 1 aromatic rings. The van der Waals surface area contributed by atoms with Gasteiger partial charge >= 0.3 is 6.09 Å². The third-order valence-electron chi connectivity index (χ3n) is 2.64. The van der Waals surface area contributed by atoms with E-state index in [1.807, 2.05) is 18.2 Å². The molecule has 84 valence electrons. The zero-order valence-corrected chi connectivity index (χ0v) is 8.76. The molecular formula is C11H13N3O2. The maximum absolute atomic E-state index is 10.5. The molecule has 5 nitrogen and oxygen atoms in total. The highest BCUT2D eigenvalue weighted by Gasteiger charge is 2.17. The van der Waals surface area contributed by atoms with Gasteiger partial charge in [-0.3, -0.25) is 0 Å². The van der Waals surface area contributed by atoms with Gasteiger partial charge in [0.25, 0.3) is 0 Å². The third kappa shape index (κ3) is 2.56. The topological polar surface area (TPSA) is 75.1 Å². The molecule has 1 aliphatic rings. The predicted octanol–water partition coefficient (Wildman–Crippen LogP) is 1.68. The van der Waals surface area contributed by atoms with Gasteiger partial charge < -0.3 is 10.4 Å². The van der Waals surface area contributed by atoms with Crippen LogP contribution in [0.2, 0.25) is 0 Å². The molecule has 0 aliphatic heterocycles. The van der Waals surface area contributed by atoms with Crippen LogP contribution in [0.5, 0.6) is 0 Å². The number of carbonyl (C=O) groups is 1. The molecule has 0 aromatic carbocycles. The van der Waals surface area contributed by atoms with Crippen LogP contribution in [0, 0.1) is 0 Å². The molecule has 2 N–H and O–H groups in total. The second-order valence-electron chi connectivity index (χ2n) is 3.76. The van der Waals surface area contributed by atoms with E-state index in [9.17, 15) is 4.79 Å². The lowest BCUT2D eigenvalue weighted by Gasteiger charge is -2.21. The van der Waals surface area contributed by atoms with Crippen LogP contribution in [-0.2, 0) is 0 Å². The summed E-state index contributed by atoms with van der Waals surface area (Å²) >= 11 is 0. The van der Waals surface area contributed by atoms with Crippen LogP contribution < -0.4 is 5.32 Å². The molecule has 0 spiro atoms. The van der Waals surface area contributed by atoms with Gasteiger partial charge in [-0.05, 0) is 37.0 Å². The molecule has 2 rings (SSSR count). The van der Waals surface area contributed by atoms with Crippen LogP contribution >= 0.6 is 0 Å². The van der Waals surface area contributed by atoms with E-state index in [0.717, 1.165) is 30.5 Å². The first kappa shape index (κ1) is 10.6. The molecule has 5 heteroatoms. The lowest BCUT2D eigenvalue weighted by atomic mass is 9.93. The van der Waals surface area contributed by atoms with E-state index in [2.05, 4.69) is 15.5 Å². The maximum atomic E-state index is 10.5. The molecule has 1 heterocycles. The first-order valence-electron chi connectivity index (χ1n) is 5.22. The Morgan fingerprint density at radius 2 is 2.44 bits per heavy atom. The van der Waals surface area contributed by atoms with Gasteiger partial charge in [-0.15, -0.1) is 0 Å². The molecule has 0 bridgehead atoms. The van der Waals surface area contributed by atoms with Crippen molar-refractivity contribution in [2.45, 2.75) is 25.3 Å². The molecule has 1 atom stereocenters.